The molecule has 0 amide bonds. The first kappa shape index (κ1) is 20.2. The predicted molar refractivity (Wildman–Crippen MR) is 119 cm³/mol. The fraction of sp³-hybridized carbons (Fsp3) is 0.0769. The van der Waals surface area contributed by atoms with Crippen molar-refractivity contribution in [2.24, 2.45) is 0 Å². The molecule has 31 heavy (non-hydrogen) atoms. The third-order valence-electron chi connectivity index (χ3n) is 4.80. The van der Waals surface area contributed by atoms with Crippen LogP contribution >= 0.6 is 0 Å². The summed E-state index contributed by atoms with van der Waals surface area (Å²) < 4.78 is 11.8. The standard InChI is InChI=1S/C26H21NO4/c1-18(26(28)29)15-20-11-5-6-12-21(20)25-27-23(17-31-25)22-13-7-8-14-24(22)30-16-19-9-3-2-4-10-19/h2-15,17H,16H2,1H3,(H,28,29)/b18-15-. The number of hydrogen-bond acceptors (Lipinski definition) is 4. The summed E-state index contributed by atoms with van der Waals surface area (Å²) in [5.41, 5.74) is 4.23. The van der Waals surface area contributed by atoms with Gasteiger partial charge in [-0.3, -0.25) is 0 Å². The Morgan fingerprint density at radius 3 is 2.42 bits per heavy atom. The fourth-order valence-electron chi connectivity index (χ4n) is 3.17. The summed E-state index contributed by atoms with van der Waals surface area (Å²) in [6.07, 6.45) is 3.20. The van der Waals surface area contributed by atoms with Crippen LogP contribution in [-0.2, 0) is 11.4 Å². The first-order chi connectivity index (χ1) is 15.1. The molecule has 0 spiro atoms. The van der Waals surface area contributed by atoms with Gasteiger partial charge in [0.2, 0.25) is 5.89 Å². The van der Waals surface area contributed by atoms with Gasteiger partial charge in [0.15, 0.2) is 0 Å². The van der Waals surface area contributed by atoms with Crippen LogP contribution in [0.1, 0.15) is 18.1 Å². The number of aromatic nitrogens is 1. The average Bonchev–Trinajstić information content (AvgIpc) is 3.29. The highest BCUT2D eigenvalue weighted by molar-refractivity contribution is 5.92. The van der Waals surface area contributed by atoms with Crippen LogP contribution in [0.15, 0.2) is 95.1 Å². The van der Waals surface area contributed by atoms with Gasteiger partial charge in [0.25, 0.3) is 0 Å². The fourth-order valence-corrected chi connectivity index (χ4v) is 3.17. The van der Waals surface area contributed by atoms with E-state index >= 15 is 0 Å². The number of rotatable bonds is 7. The number of ether oxygens (including phenoxy) is 1. The van der Waals surface area contributed by atoms with Crippen molar-refractivity contribution in [1.29, 1.82) is 0 Å². The van der Waals surface area contributed by atoms with Gasteiger partial charge in [-0.15, -0.1) is 0 Å². The molecule has 1 heterocycles. The molecule has 4 rings (SSSR count). The van der Waals surface area contributed by atoms with Gasteiger partial charge in [0.05, 0.1) is 0 Å². The lowest BCUT2D eigenvalue weighted by molar-refractivity contribution is -0.132. The highest BCUT2D eigenvalue weighted by Crippen LogP contribution is 2.33. The van der Waals surface area contributed by atoms with Crippen molar-refractivity contribution in [3.8, 4) is 28.5 Å². The van der Waals surface area contributed by atoms with E-state index in [0.717, 1.165) is 22.3 Å². The Bertz CT molecular complexity index is 1220. The van der Waals surface area contributed by atoms with Crippen molar-refractivity contribution in [1.82, 2.24) is 4.98 Å². The van der Waals surface area contributed by atoms with Crippen LogP contribution in [0.3, 0.4) is 0 Å². The quantitative estimate of drug-likeness (QED) is 0.373. The number of carboxylic acid groups (broad SMARTS) is 1. The molecule has 0 radical (unpaired) electrons. The van der Waals surface area contributed by atoms with Gasteiger partial charge >= 0.3 is 5.97 Å². The van der Waals surface area contributed by atoms with Crippen molar-refractivity contribution < 1.29 is 19.1 Å². The first-order valence-electron chi connectivity index (χ1n) is 9.84. The van der Waals surface area contributed by atoms with Crippen LogP contribution in [0.4, 0.5) is 0 Å². The Morgan fingerprint density at radius 2 is 1.65 bits per heavy atom. The zero-order valence-electron chi connectivity index (χ0n) is 17.0. The van der Waals surface area contributed by atoms with Crippen LogP contribution in [-0.4, -0.2) is 16.1 Å². The maximum atomic E-state index is 11.2. The van der Waals surface area contributed by atoms with Crippen molar-refractivity contribution in [2.75, 3.05) is 0 Å². The van der Waals surface area contributed by atoms with E-state index in [1.807, 2.05) is 78.9 Å². The number of hydrogen-bond donors (Lipinski definition) is 1. The molecule has 0 bridgehead atoms. The number of nitrogens with zero attached hydrogens (tertiary/aromatic N) is 1. The van der Waals surface area contributed by atoms with Crippen molar-refractivity contribution in [3.05, 3.63) is 102 Å². The maximum Gasteiger partial charge on any atom is 0.331 e. The van der Waals surface area contributed by atoms with Crippen LogP contribution in [0, 0.1) is 0 Å². The molecule has 0 aliphatic heterocycles. The van der Waals surface area contributed by atoms with Gasteiger partial charge in [-0.25, -0.2) is 9.78 Å². The number of aliphatic carboxylic acids is 1. The van der Waals surface area contributed by atoms with Gasteiger partial charge in [0, 0.05) is 16.7 Å². The number of benzene rings is 3. The normalized spacial score (nSPS) is 11.3. The van der Waals surface area contributed by atoms with E-state index in [1.165, 1.54) is 0 Å². The van der Waals surface area contributed by atoms with Crippen molar-refractivity contribution >= 4 is 12.0 Å². The van der Waals surface area contributed by atoms with Gasteiger partial charge < -0.3 is 14.3 Å². The summed E-state index contributed by atoms with van der Waals surface area (Å²) in [5, 5.41) is 9.20. The van der Waals surface area contributed by atoms with Gasteiger partial charge in [-0.1, -0.05) is 60.7 Å². The average molecular weight is 411 g/mol. The zero-order chi connectivity index (χ0) is 21.6. The summed E-state index contributed by atoms with van der Waals surface area (Å²) in [6, 6.07) is 25.0. The van der Waals surface area contributed by atoms with Gasteiger partial charge in [-0.05, 0) is 42.3 Å². The lowest BCUT2D eigenvalue weighted by Gasteiger charge is -2.09. The second kappa shape index (κ2) is 9.13. The second-order valence-corrected chi connectivity index (χ2v) is 7.03. The Balaban J connectivity index is 1.64. The van der Waals surface area contributed by atoms with Gasteiger partial charge in [-0.2, -0.15) is 0 Å². The third-order valence-corrected chi connectivity index (χ3v) is 4.80. The molecular formula is C26H21NO4. The van der Waals surface area contributed by atoms with Crippen molar-refractivity contribution in [2.45, 2.75) is 13.5 Å². The summed E-state index contributed by atoms with van der Waals surface area (Å²) in [4.78, 5) is 15.9. The number of para-hydroxylation sites is 1. The topological polar surface area (TPSA) is 72.6 Å². The Labute approximate surface area is 180 Å². The minimum atomic E-state index is -0.965. The largest absolute Gasteiger partial charge is 0.488 e. The smallest absolute Gasteiger partial charge is 0.331 e. The molecule has 5 heteroatoms. The molecule has 0 saturated carbocycles. The molecule has 3 aromatic carbocycles. The maximum absolute atomic E-state index is 11.2. The first-order valence-corrected chi connectivity index (χ1v) is 9.84. The van der Waals surface area contributed by atoms with E-state index in [0.29, 0.717) is 23.9 Å². The summed E-state index contributed by atoms with van der Waals surface area (Å²) in [7, 11) is 0. The zero-order valence-corrected chi connectivity index (χ0v) is 17.0. The summed E-state index contributed by atoms with van der Waals surface area (Å²) in [5.74, 6) is 0.159. The SMILES string of the molecule is C/C(=C/c1ccccc1-c1nc(-c2ccccc2OCc2ccccc2)co1)C(=O)O. The number of carboxylic acids is 1. The van der Waals surface area contributed by atoms with E-state index in [9.17, 15) is 9.90 Å². The minimum absolute atomic E-state index is 0.235. The molecular weight excluding hydrogens is 390 g/mol. The minimum Gasteiger partial charge on any atom is -0.488 e. The van der Waals surface area contributed by atoms with Crippen LogP contribution < -0.4 is 4.74 Å². The summed E-state index contributed by atoms with van der Waals surface area (Å²) in [6.45, 7) is 2.01. The van der Waals surface area contributed by atoms with E-state index in [1.54, 1.807) is 19.3 Å². The molecule has 0 aliphatic carbocycles. The molecule has 4 aromatic rings. The van der Waals surface area contributed by atoms with E-state index < -0.39 is 5.97 Å². The molecule has 0 fully saturated rings. The van der Waals surface area contributed by atoms with E-state index in [2.05, 4.69) is 4.98 Å². The van der Waals surface area contributed by atoms with Crippen LogP contribution in [0.25, 0.3) is 28.8 Å². The highest BCUT2D eigenvalue weighted by Gasteiger charge is 2.15. The van der Waals surface area contributed by atoms with E-state index in [4.69, 9.17) is 9.15 Å². The van der Waals surface area contributed by atoms with Gasteiger partial charge in [0.1, 0.15) is 24.3 Å². The molecule has 0 aliphatic rings. The second-order valence-electron chi connectivity index (χ2n) is 7.03. The van der Waals surface area contributed by atoms with Crippen molar-refractivity contribution in [3.63, 3.8) is 0 Å². The highest BCUT2D eigenvalue weighted by atomic mass is 16.5. The molecule has 1 aromatic heterocycles. The lowest BCUT2D eigenvalue weighted by Crippen LogP contribution is -1.97. The molecule has 0 atom stereocenters. The summed E-state index contributed by atoms with van der Waals surface area (Å²) >= 11 is 0. The Hall–Kier alpha value is -4.12. The molecule has 154 valence electrons. The molecule has 1 N–H and O–H groups in total. The van der Waals surface area contributed by atoms with E-state index in [-0.39, 0.29) is 5.57 Å². The number of oxazole rings is 1. The molecule has 5 nitrogen and oxygen atoms in total. The van der Waals surface area contributed by atoms with Crippen LogP contribution in [0.2, 0.25) is 0 Å². The lowest BCUT2D eigenvalue weighted by atomic mass is 10.0. The Morgan fingerprint density at radius 1 is 0.968 bits per heavy atom. The Kier molecular flexibility index (Phi) is 5.94. The molecule has 0 saturated heterocycles. The molecule has 0 unspecified atom stereocenters. The monoisotopic (exact) mass is 411 g/mol. The third kappa shape index (κ3) is 4.73. The van der Waals surface area contributed by atoms with Crippen LogP contribution in [0.5, 0.6) is 5.75 Å². The number of carbonyl (C=O) groups is 1. The predicted octanol–water partition coefficient (Wildman–Crippen LogP) is 6.08.